The average molecular weight is 553 g/mol. The van der Waals surface area contributed by atoms with Gasteiger partial charge in [0.2, 0.25) is 0 Å². The molecule has 1 heterocycles. The molecule has 28 heavy (non-hydrogen) atoms. The van der Waals surface area contributed by atoms with E-state index < -0.39 is 0 Å². The normalized spacial score (nSPS) is 10.7. The van der Waals surface area contributed by atoms with Crippen LogP contribution in [0.15, 0.2) is 48.4 Å². The van der Waals surface area contributed by atoms with Crippen LogP contribution in [0.4, 0.5) is 0 Å². The summed E-state index contributed by atoms with van der Waals surface area (Å²) in [7, 11) is 0. The van der Waals surface area contributed by atoms with Crippen LogP contribution in [0, 0.1) is 33.8 Å². The fraction of sp³-hybridized carbons (Fsp3) is 0.250. The summed E-state index contributed by atoms with van der Waals surface area (Å²) < 4.78 is 0. The van der Waals surface area contributed by atoms with Crippen molar-refractivity contribution in [3.63, 3.8) is 0 Å². The Morgan fingerprint density at radius 3 is 2.32 bits per heavy atom. The quantitative estimate of drug-likeness (QED) is 0.242. The van der Waals surface area contributed by atoms with Crippen molar-refractivity contribution in [2.75, 3.05) is 0 Å². The first kappa shape index (κ1) is 23.7. The van der Waals surface area contributed by atoms with Gasteiger partial charge in [-0.15, -0.1) is 34.4 Å². The minimum absolute atomic E-state index is 0. The molecule has 0 saturated heterocycles. The van der Waals surface area contributed by atoms with Gasteiger partial charge in [-0.2, -0.15) is 0 Å². The summed E-state index contributed by atoms with van der Waals surface area (Å²) in [6.45, 7) is 11.4. The fourth-order valence-electron chi connectivity index (χ4n) is 2.97. The number of rotatable bonds is 2. The first-order chi connectivity index (χ1) is 12.7. The van der Waals surface area contributed by atoms with Crippen molar-refractivity contribution < 1.29 is 30.0 Å². The van der Waals surface area contributed by atoms with Crippen LogP contribution in [0.1, 0.15) is 36.1 Å². The van der Waals surface area contributed by atoms with Crippen LogP contribution in [-0.4, -0.2) is 15.9 Å². The molecule has 1 N–H and O–H groups in total. The molecule has 0 bridgehead atoms. The Bertz CT molecular complexity index is 1020. The van der Waals surface area contributed by atoms with E-state index in [0.717, 1.165) is 16.8 Å². The van der Waals surface area contributed by atoms with Gasteiger partial charge in [0.1, 0.15) is 0 Å². The fourth-order valence-corrected chi connectivity index (χ4v) is 2.97. The molecule has 0 atom stereocenters. The molecule has 0 unspecified atom stereocenters. The standard InChI is InChI=1S/C19H18N.C5H8O2.Ir/c1-12-5-6-16-7-8-20-19(18(16)10-12)17-11-13(2)9-14(3)15(17)4;1-4(6)3-5(2)7;/h5-10H,1-4H3;3,6H,1-2H3;/q-1;;/b;4-3-;. The summed E-state index contributed by atoms with van der Waals surface area (Å²) in [4.78, 5) is 14.6. The largest absolute Gasteiger partial charge is 0.512 e. The second kappa shape index (κ2) is 10.3. The van der Waals surface area contributed by atoms with Crippen LogP contribution in [0.3, 0.4) is 0 Å². The molecular formula is C24H26IrNO2-. The van der Waals surface area contributed by atoms with Crippen molar-refractivity contribution in [3.8, 4) is 11.3 Å². The number of hydrogen-bond donors (Lipinski definition) is 1. The van der Waals surface area contributed by atoms with Gasteiger partial charge in [0.15, 0.2) is 5.78 Å². The van der Waals surface area contributed by atoms with Crippen molar-refractivity contribution in [2.45, 2.75) is 41.5 Å². The van der Waals surface area contributed by atoms with E-state index in [0.29, 0.717) is 0 Å². The number of aryl methyl sites for hydroxylation is 3. The molecule has 0 fully saturated rings. The molecule has 0 spiro atoms. The Labute approximate surface area is 180 Å². The van der Waals surface area contributed by atoms with Crippen molar-refractivity contribution in [1.29, 1.82) is 0 Å². The predicted molar refractivity (Wildman–Crippen MR) is 112 cm³/mol. The number of fused-ring (bicyclic) bond motifs is 1. The van der Waals surface area contributed by atoms with E-state index in [4.69, 9.17) is 5.11 Å². The number of aliphatic hydroxyl groups excluding tert-OH is 1. The third-order valence-corrected chi connectivity index (χ3v) is 4.29. The summed E-state index contributed by atoms with van der Waals surface area (Å²) >= 11 is 0. The molecular weight excluding hydrogens is 526 g/mol. The number of pyridine rings is 1. The number of carbonyl (C=O) groups excluding carboxylic acids is 1. The minimum atomic E-state index is -0.125. The number of ketones is 1. The summed E-state index contributed by atoms with van der Waals surface area (Å²) in [6.07, 6.45) is 3.05. The molecule has 0 saturated carbocycles. The zero-order valence-corrected chi connectivity index (χ0v) is 19.6. The molecule has 3 aromatic rings. The molecule has 0 aliphatic rings. The van der Waals surface area contributed by atoms with E-state index in [1.165, 1.54) is 47.4 Å². The first-order valence-electron chi connectivity index (χ1n) is 8.92. The van der Waals surface area contributed by atoms with Crippen LogP contribution in [0.2, 0.25) is 0 Å². The van der Waals surface area contributed by atoms with Gasteiger partial charge >= 0.3 is 0 Å². The summed E-state index contributed by atoms with van der Waals surface area (Å²) in [5, 5.41) is 10.8. The topological polar surface area (TPSA) is 50.2 Å². The van der Waals surface area contributed by atoms with E-state index in [1.54, 1.807) is 0 Å². The molecule has 3 nitrogen and oxygen atoms in total. The molecule has 3 rings (SSSR count). The SMILES string of the molecule is CC(=O)/C=C(/C)O.Cc1[c-]c(-c2nccc3ccc(C)cc23)c(C)c(C)c1.[Ir]. The van der Waals surface area contributed by atoms with Crippen LogP contribution >= 0.6 is 0 Å². The minimum Gasteiger partial charge on any atom is -0.512 e. The van der Waals surface area contributed by atoms with Gasteiger partial charge < -0.3 is 10.1 Å². The Balaban J connectivity index is 0.000000425. The van der Waals surface area contributed by atoms with Gasteiger partial charge in [-0.3, -0.25) is 4.79 Å². The van der Waals surface area contributed by atoms with Gasteiger partial charge in [0.05, 0.1) is 5.76 Å². The van der Waals surface area contributed by atoms with Gasteiger partial charge in [-0.25, -0.2) is 0 Å². The maximum atomic E-state index is 10.0. The van der Waals surface area contributed by atoms with Crippen molar-refractivity contribution in [1.82, 2.24) is 4.98 Å². The predicted octanol–water partition coefficient (Wildman–Crippen LogP) is 5.97. The van der Waals surface area contributed by atoms with E-state index in [1.807, 2.05) is 6.20 Å². The second-order valence-electron chi connectivity index (χ2n) is 6.92. The van der Waals surface area contributed by atoms with Crippen molar-refractivity contribution >= 4 is 16.6 Å². The van der Waals surface area contributed by atoms with E-state index >= 15 is 0 Å². The Morgan fingerprint density at radius 1 is 1.07 bits per heavy atom. The third kappa shape index (κ3) is 6.12. The zero-order valence-electron chi connectivity index (χ0n) is 17.2. The van der Waals surface area contributed by atoms with Crippen LogP contribution in [-0.2, 0) is 24.9 Å². The Hall–Kier alpha value is -2.29. The molecule has 1 radical (unpaired) electrons. The second-order valence-corrected chi connectivity index (χ2v) is 6.92. The summed E-state index contributed by atoms with van der Waals surface area (Å²) in [6, 6.07) is 14.2. The van der Waals surface area contributed by atoms with Gasteiger partial charge in [-0.1, -0.05) is 44.5 Å². The van der Waals surface area contributed by atoms with E-state index in [-0.39, 0.29) is 31.6 Å². The van der Waals surface area contributed by atoms with Crippen LogP contribution in [0.25, 0.3) is 22.0 Å². The van der Waals surface area contributed by atoms with E-state index in [2.05, 4.69) is 69.1 Å². The molecule has 0 aliphatic carbocycles. The molecule has 0 amide bonds. The molecule has 1 aromatic heterocycles. The molecule has 4 heteroatoms. The van der Waals surface area contributed by atoms with Crippen LogP contribution in [0.5, 0.6) is 0 Å². The van der Waals surface area contributed by atoms with Gasteiger partial charge in [0, 0.05) is 32.4 Å². The number of aromatic nitrogens is 1. The smallest absolute Gasteiger partial charge is 0.155 e. The summed E-state index contributed by atoms with van der Waals surface area (Å²) in [5.74, 6) is -0.0625. The maximum absolute atomic E-state index is 10.0. The first-order valence-corrected chi connectivity index (χ1v) is 8.92. The Kier molecular flexibility index (Phi) is 8.74. The molecule has 0 aliphatic heterocycles. The monoisotopic (exact) mass is 553 g/mol. The number of nitrogens with zero attached hydrogens (tertiary/aromatic N) is 1. The number of carbonyl (C=O) groups is 1. The van der Waals surface area contributed by atoms with Crippen LogP contribution < -0.4 is 0 Å². The summed E-state index contributed by atoms with van der Waals surface area (Å²) in [5.41, 5.74) is 7.14. The third-order valence-electron chi connectivity index (χ3n) is 4.29. The number of aliphatic hydroxyl groups is 1. The van der Waals surface area contributed by atoms with E-state index in [9.17, 15) is 4.79 Å². The average Bonchev–Trinajstić information content (AvgIpc) is 2.57. The molecule has 149 valence electrons. The zero-order chi connectivity index (χ0) is 20.1. The number of hydrogen-bond acceptors (Lipinski definition) is 3. The Morgan fingerprint density at radius 2 is 1.75 bits per heavy atom. The van der Waals surface area contributed by atoms with Crippen molar-refractivity contribution in [3.05, 3.63) is 76.7 Å². The number of benzene rings is 2. The van der Waals surface area contributed by atoms with Gasteiger partial charge in [-0.05, 0) is 43.3 Å². The molecule has 2 aromatic carbocycles. The maximum Gasteiger partial charge on any atom is 0.155 e. The van der Waals surface area contributed by atoms with Crippen molar-refractivity contribution in [2.24, 2.45) is 0 Å². The van der Waals surface area contributed by atoms with Gasteiger partial charge in [0.25, 0.3) is 0 Å². The number of allylic oxidation sites excluding steroid dienone is 2.